The standard InChI is InChI=1S/C18H28N4O3/c1-3-19-17(20-10-15-25-16-8-6-5-7-9-16)21-11-13-22(14-12-21)18(23)24-4-2/h5-9H,3-4,10-15H2,1-2H3,(H,19,20). The summed E-state index contributed by atoms with van der Waals surface area (Å²) in [6, 6.07) is 9.73. The van der Waals surface area contributed by atoms with Crippen molar-refractivity contribution in [1.82, 2.24) is 15.1 Å². The Hall–Kier alpha value is -2.44. The second-order valence-corrected chi connectivity index (χ2v) is 5.57. The minimum Gasteiger partial charge on any atom is -0.492 e. The number of carbonyl (C=O) groups excluding carboxylic acids is 1. The minimum absolute atomic E-state index is 0.236. The number of hydrogen-bond donors (Lipinski definition) is 1. The van der Waals surface area contributed by atoms with Crippen LogP contribution in [-0.4, -0.2) is 74.3 Å². The SMILES string of the molecule is CCNC(=NCCOc1ccccc1)N1CCN(C(=O)OCC)CC1. The van der Waals surface area contributed by atoms with Crippen molar-refractivity contribution in [2.75, 3.05) is 52.5 Å². The van der Waals surface area contributed by atoms with Crippen molar-refractivity contribution in [2.24, 2.45) is 4.99 Å². The summed E-state index contributed by atoms with van der Waals surface area (Å²) in [6.45, 7) is 8.95. The monoisotopic (exact) mass is 348 g/mol. The minimum atomic E-state index is -0.236. The number of nitrogens with one attached hydrogen (secondary N) is 1. The number of benzene rings is 1. The van der Waals surface area contributed by atoms with Gasteiger partial charge in [0.15, 0.2) is 5.96 Å². The number of para-hydroxylation sites is 1. The Balaban J connectivity index is 1.80. The number of hydrogen-bond acceptors (Lipinski definition) is 4. The van der Waals surface area contributed by atoms with Crippen LogP contribution in [0.3, 0.4) is 0 Å². The lowest BCUT2D eigenvalue weighted by atomic mass is 10.3. The molecule has 1 amide bonds. The Morgan fingerprint density at radius 3 is 2.44 bits per heavy atom. The van der Waals surface area contributed by atoms with Crippen LogP contribution >= 0.6 is 0 Å². The molecule has 7 nitrogen and oxygen atoms in total. The van der Waals surface area contributed by atoms with Crippen LogP contribution in [0.1, 0.15) is 13.8 Å². The van der Waals surface area contributed by atoms with Gasteiger partial charge in [0.2, 0.25) is 0 Å². The summed E-state index contributed by atoms with van der Waals surface area (Å²) in [6.07, 6.45) is -0.236. The maximum absolute atomic E-state index is 11.8. The lowest BCUT2D eigenvalue weighted by Gasteiger charge is -2.35. The molecule has 25 heavy (non-hydrogen) atoms. The van der Waals surface area contributed by atoms with Crippen LogP contribution in [0.4, 0.5) is 4.79 Å². The number of ether oxygens (including phenoxy) is 2. The Kier molecular flexibility index (Phi) is 7.88. The van der Waals surface area contributed by atoms with Crippen LogP contribution < -0.4 is 10.1 Å². The van der Waals surface area contributed by atoms with E-state index in [0.717, 1.165) is 31.3 Å². The van der Waals surface area contributed by atoms with E-state index in [0.29, 0.717) is 32.8 Å². The van der Waals surface area contributed by atoms with E-state index in [1.165, 1.54) is 0 Å². The number of carbonyl (C=O) groups is 1. The van der Waals surface area contributed by atoms with E-state index < -0.39 is 0 Å². The van der Waals surface area contributed by atoms with E-state index in [2.05, 4.69) is 15.2 Å². The molecule has 0 bridgehead atoms. The van der Waals surface area contributed by atoms with Crippen molar-refractivity contribution >= 4 is 12.1 Å². The fraction of sp³-hybridized carbons (Fsp3) is 0.556. The van der Waals surface area contributed by atoms with Crippen LogP contribution in [0.2, 0.25) is 0 Å². The van der Waals surface area contributed by atoms with Crippen molar-refractivity contribution in [2.45, 2.75) is 13.8 Å². The van der Waals surface area contributed by atoms with Crippen LogP contribution in [0.15, 0.2) is 35.3 Å². The zero-order valence-electron chi connectivity index (χ0n) is 15.1. The number of aliphatic imine (C=N–C) groups is 1. The first-order valence-corrected chi connectivity index (χ1v) is 8.87. The highest BCUT2D eigenvalue weighted by Crippen LogP contribution is 2.08. The molecule has 0 saturated carbocycles. The predicted molar refractivity (Wildman–Crippen MR) is 98.1 cm³/mol. The summed E-state index contributed by atoms with van der Waals surface area (Å²) in [5.41, 5.74) is 0. The molecular weight excluding hydrogens is 320 g/mol. The fourth-order valence-corrected chi connectivity index (χ4v) is 2.57. The normalized spacial score (nSPS) is 15.0. The van der Waals surface area contributed by atoms with Gasteiger partial charge in [-0.3, -0.25) is 0 Å². The quantitative estimate of drug-likeness (QED) is 0.482. The van der Waals surface area contributed by atoms with Crippen LogP contribution in [0.5, 0.6) is 5.75 Å². The first kappa shape index (κ1) is 18.9. The lowest BCUT2D eigenvalue weighted by molar-refractivity contribution is 0.0914. The third-order valence-corrected chi connectivity index (χ3v) is 3.80. The van der Waals surface area contributed by atoms with Gasteiger partial charge in [-0.05, 0) is 26.0 Å². The molecule has 1 aliphatic rings. The Bertz CT molecular complexity index is 543. The van der Waals surface area contributed by atoms with E-state index in [-0.39, 0.29) is 6.09 Å². The van der Waals surface area contributed by atoms with Crippen LogP contribution in [0, 0.1) is 0 Å². The molecule has 1 N–H and O–H groups in total. The maximum Gasteiger partial charge on any atom is 0.409 e. The van der Waals surface area contributed by atoms with Gasteiger partial charge in [0.25, 0.3) is 0 Å². The highest BCUT2D eigenvalue weighted by atomic mass is 16.6. The second-order valence-electron chi connectivity index (χ2n) is 5.57. The highest BCUT2D eigenvalue weighted by molar-refractivity contribution is 5.80. The summed E-state index contributed by atoms with van der Waals surface area (Å²) >= 11 is 0. The number of nitrogens with zero attached hydrogens (tertiary/aromatic N) is 3. The first-order valence-electron chi connectivity index (χ1n) is 8.87. The molecule has 0 aliphatic carbocycles. The number of piperazine rings is 1. The number of rotatable bonds is 6. The predicted octanol–water partition coefficient (Wildman–Crippen LogP) is 1.80. The Labute approximate surface area is 149 Å². The van der Waals surface area contributed by atoms with Crippen molar-refractivity contribution in [3.05, 3.63) is 30.3 Å². The third-order valence-electron chi connectivity index (χ3n) is 3.80. The van der Waals surface area contributed by atoms with Crippen LogP contribution in [0.25, 0.3) is 0 Å². The zero-order valence-corrected chi connectivity index (χ0v) is 15.1. The molecule has 138 valence electrons. The summed E-state index contributed by atoms with van der Waals surface area (Å²) in [5.74, 6) is 1.72. The van der Waals surface area contributed by atoms with Gasteiger partial charge >= 0.3 is 6.09 Å². The van der Waals surface area contributed by atoms with Gasteiger partial charge in [0, 0.05) is 32.7 Å². The molecule has 1 saturated heterocycles. The van der Waals surface area contributed by atoms with Gasteiger partial charge < -0.3 is 24.6 Å². The van der Waals surface area contributed by atoms with E-state index in [4.69, 9.17) is 9.47 Å². The molecule has 7 heteroatoms. The zero-order chi connectivity index (χ0) is 17.9. The fourth-order valence-electron chi connectivity index (χ4n) is 2.57. The molecule has 2 rings (SSSR count). The van der Waals surface area contributed by atoms with E-state index in [1.807, 2.05) is 44.2 Å². The summed E-state index contributed by atoms with van der Waals surface area (Å²) in [7, 11) is 0. The average Bonchev–Trinajstić information content (AvgIpc) is 2.65. The summed E-state index contributed by atoms with van der Waals surface area (Å²) < 4.78 is 10.7. The first-order chi connectivity index (χ1) is 12.2. The number of guanidine groups is 1. The van der Waals surface area contributed by atoms with E-state index in [9.17, 15) is 4.79 Å². The smallest absolute Gasteiger partial charge is 0.409 e. The van der Waals surface area contributed by atoms with Gasteiger partial charge in [-0.1, -0.05) is 18.2 Å². The molecule has 1 fully saturated rings. The van der Waals surface area contributed by atoms with Crippen molar-refractivity contribution in [3.8, 4) is 5.75 Å². The summed E-state index contributed by atoms with van der Waals surface area (Å²) in [4.78, 5) is 20.3. The topological polar surface area (TPSA) is 66.4 Å². The summed E-state index contributed by atoms with van der Waals surface area (Å²) in [5, 5.41) is 3.31. The van der Waals surface area contributed by atoms with Gasteiger partial charge in [0.05, 0.1) is 13.2 Å². The number of amides is 1. The molecule has 0 spiro atoms. The molecule has 0 aromatic heterocycles. The lowest BCUT2D eigenvalue weighted by Crippen LogP contribution is -2.54. The van der Waals surface area contributed by atoms with Crippen LogP contribution in [-0.2, 0) is 4.74 Å². The van der Waals surface area contributed by atoms with Crippen molar-refractivity contribution < 1.29 is 14.3 Å². The van der Waals surface area contributed by atoms with Crippen molar-refractivity contribution in [3.63, 3.8) is 0 Å². The molecule has 0 radical (unpaired) electrons. The average molecular weight is 348 g/mol. The molecular formula is C18H28N4O3. The molecule has 0 unspecified atom stereocenters. The molecule has 1 heterocycles. The van der Waals surface area contributed by atoms with Crippen molar-refractivity contribution in [1.29, 1.82) is 0 Å². The van der Waals surface area contributed by atoms with E-state index >= 15 is 0 Å². The van der Waals surface area contributed by atoms with E-state index in [1.54, 1.807) is 4.90 Å². The third kappa shape index (κ3) is 6.17. The Morgan fingerprint density at radius 2 is 1.80 bits per heavy atom. The Morgan fingerprint density at radius 1 is 1.12 bits per heavy atom. The molecule has 1 aromatic rings. The molecule has 1 aromatic carbocycles. The molecule has 0 atom stereocenters. The largest absolute Gasteiger partial charge is 0.492 e. The maximum atomic E-state index is 11.8. The van der Waals surface area contributed by atoms with Gasteiger partial charge in [-0.15, -0.1) is 0 Å². The highest BCUT2D eigenvalue weighted by Gasteiger charge is 2.23. The van der Waals surface area contributed by atoms with Gasteiger partial charge in [0.1, 0.15) is 12.4 Å². The van der Waals surface area contributed by atoms with Gasteiger partial charge in [-0.25, -0.2) is 9.79 Å². The molecule has 1 aliphatic heterocycles. The van der Waals surface area contributed by atoms with Gasteiger partial charge in [-0.2, -0.15) is 0 Å². The second kappa shape index (κ2) is 10.4.